The molecule has 4 aromatic heterocycles. The molecule has 0 saturated carbocycles. The molecule has 3 N–H and O–H groups in total. The van der Waals surface area contributed by atoms with Crippen LogP contribution in [0.5, 0.6) is 0 Å². The number of nitrogens with one attached hydrogen (secondary N) is 1. The summed E-state index contributed by atoms with van der Waals surface area (Å²) in [4.78, 5) is 14.5. The van der Waals surface area contributed by atoms with Gasteiger partial charge in [0.15, 0.2) is 5.17 Å². The number of nitrogens with zero attached hydrogens (tertiary/aromatic N) is 4. The number of hydrogen-bond acceptors (Lipinski definition) is 13. The number of nitrogens with two attached hydrogens (primary N) is 1. The molecule has 0 spiro atoms. The van der Waals surface area contributed by atoms with Gasteiger partial charge in [0.25, 0.3) is 0 Å². The number of rotatable bonds is 7. The van der Waals surface area contributed by atoms with Crippen molar-refractivity contribution in [3.63, 3.8) is 0 Å². The number of amidine groups is 1. The van der Waals surface area contributed by atoms with E-state index in [1.807, 2.05) is 47.1 Å². The van der Waals surface area contributed by atoms with Crippen LogP contribution in [-0.4, -0.2) is 81.9 Å². The Labute approximate surface area is 559 Å². The van der Waals surface area contributed by atoms with Gasteiger partial charge in [-0.3, -0.25) is 50.8 Å². The Morgan fingerprint density at radius 1 is 0.810 bits per heavy atom. The second-order valence-electron chi connectivity index (χ2n) is 9.47. The first-order chi connectivity index (χ1) is 24.9. The van der Waals surface area contributed by atoms with E-state index in [1.54, 1.807) is 45.6 Å². The van der Waals surface area contributed by atoms with Gasteiger partial charge in [0, 0.05) is 159 Å². The Kier molecular flexibility index (Phi) is 137. The van der Waals surface area contributed by atoms with Crippen LogP contribution in [0.25, 0.3) is 0 Å². The van der Waals surface area contributed by atoms with Gasteiger partial charge in [-0.05, 0) is 70.7 Å². The monoisotopic (exact) mass is 1450 g/mol. The van der Waals surface area contributed by atoms with E-state index in [2.05, 4.69) is 83.5 Å². The molecule has 0 aromatic carbocycles. The van der Waals surface area contributed by atoms with E-state index in [0.717, 1.165) is 46.8 Å². The summed E-state index contributed by atoms with van der Waals surface area (Å²) in [6, 6.07) is 0. The summed E-state index contributed by atoms with van der Waals surface area (Å²) in [5.41, 5.74) is 14.8. The molecule has 4 aromatic rings. The Morgan fingerprint density at radius 3 is 1.24 bits per heavy atom. The third-order valence-corrected chi connectivity index (χ3v) is 9.47. The predicted molar refractivity (Wildman–Crippen MR) is 259 cm³/mol. The van der Waals surface area contributed by atoms with Gasteiger partial charge < -0.3 is 30.8 Å². The van der Waals surface area contributed by atoms with Crippen molar-refractivity contribution < 1.29 is 187 Å². The molecule has 0 aliphatic carbocycles. The van der Waals surface area contributed by atoms with Gasteiger partial charge in [0.1, 0.15) is 0 Å². The number of aromatic nitrogens is 4. The molecule has 4 radical (unpaired) electrons. The summed E-state index contributed by atoms with van der Waals surface area (Å²) in [5.74, 6) is 7.05. The van der Waals surface area contributed by atoms with Gasteiger partial charge in [-0.15, -0.1) is 104 Å². The number of halogens is 5. The number of thiazole rings is 4. The van der Waals surface area contributed by atoms with Crippen LogP contribution in [0, 0.1) is 27.5 Å². The van der Waals surface area contributed by atoms with Crippen LogP contribution >= 0.6 is 148 Å². The van der Waals surface area contributed by atoms with Gasteiger partial charge in [0.05, 0.1) is 0 Å². The SMILES string of the molecule is Br.CC(C)(C)[O-].CC1CCCS1.CCCl.CCSC(=N)N.CCSCCCCl.ClCCCBr.[K+].[Y].[Y].[Y].[Y].[c-]1nccs1.[c-]1nccs1.[c-]1nccs1.[c-]1nccs1. The largest absolute Gasteiger partial charge is 1.00 e. The Hall–Kier alpha value is 6.88. The number of thioether (sulfide) groups is 3. The molecule has 7 nitrogen and oxygen atoms in total. The smallest absolute Gasteiger partial charge is 0.850 e. The van der Waals surface area contributed by atoms with Crippen molar-refractivity contribution in [1.29, 1.82) is 5.41 Å². The molecule has 1 fully saturated rings. The molecule has 0 amide bonds. The summed E-state index contributed by atoms with van der Waals surface area (Å²) in [6.45, 7) is 13.2. The molecule has 58 heavy (non-hydrogen) atoms. The maximum absolute atomic E-state index is 10.1. The zero-order valence-corrected chi connectivity index (χ0v) is 60.8. The fourth-order valence-electron chi connectivity index (χ4n) is 1.85. The second-order valence-corrected chi connectivity index (χ2v) is 18.6. The minimum absolute atomic E-state index is 0. The van der Waals surface area contributed by atoms with Crippen LogP contribution in [0.3, 0.4) is 0 Å². The van der Waals surface area contributed by atoms with Crippen LogP contribution < -0.4 is 62.2 Å². The Morgan fingerprint density at radius 2 is 1.16 bits per heavy atom. The fraction of sp³-hybridized carbons (Fsp3) is 0.618. The molecule has 324 valence electrons. The molecular weight excluding hydrogens is 1390 g/mol. The molecule has 5 rings (SSSR count). The van der Waals surface area contributed by atoms with Gasteiger partial charge in [-0.1, -0.05) is 76.2 Å². The molecule has 1 aliphatic heterocycles. The Balaban J connectivity index is -0.0000000467. The van der Waals surface area contributed by atoms with Crippen molar-refractivity contribution >= 4 is 154 Å². The molecule has 1 aliphatic rings. The Bertz CT molecular complexity index is 867. The third kappa shape index (κ3) is 131. The predicted octanol–water partition coefficient (Wildman–Crippen LogP) is 9.65. The van der Waals surface area contributed by atoms with Crippen LogP contribution in [-0.2, 0) is 131 Å². The van der Waals surface area contributed by atoms with Gasteiger partial charge >= 0.3 is 51.4 Å². The minimum Gasteiger partial charge on any atom is -0.850 e. The standard InChI is InChI=1S/C5H11ClS.C5H10S.C4H9O.C3H6BrCl.C3H8N2S.4C3H2NS.C2H5Cl.BrH.K.4Y/c1-2-7-5-3-4-6;1-5-3-2-4-6-5;1-4(2,3)5;4-2-1-3-5;1-2-6-3(4)5;4*1-2-5-3-4-1;1-2-3;;;;;;/h2-5H2,1H3;5H,2-4H2,1H3;1-3H3;1-3H2;2H2,1H3,(H3,4,5);4*1-2H;2H2,1H3;1H;;;;;/q;;-1;;;4*-1;;;+1;;;;. The summed E-state index contributed by atoms with van der Waals surface area (Å²) < 4.78 is 0. The molecular formula is C34H58Br2Cl3KN6OS7Y4-4. The van der Waals surface area contributed by atoms with Gasteiger partial charge in [0.2, 0.25) is 0 Å². The summed E-state index contributed by atoms with van der Waals surface area (Å²) in [5, 5.41) is 26.4. The van der Waals surface area contributed by atoms with Crippen molar-refractivity contribution in [2.45, 2.75) is 85.0 Å². The molecule has 1 unspecified atom stereocenters. The number of alkyl halides is 4. The van der Waals surface area contributed by atoms with E-state index >= 15 is 0 Å². The second kappa shape index (κ2) is 87.0. The molecule has 5 heterocycles. The van der Waals surface area contributed by atoms with E-state index in [-0.39, 0.29) is 204 Å². The van der Waals surface area contributed by atoms with E-state index in [0.29, 0.717) is 0 Å². The topological polar surface area (TPSA) is 124 Å². The van der Waals surface area contributed by atoms with E-state index < -0.39 is 5.60 Å². The molecule has 24 heteroatoms. The van der Waals surface area contributed by atoms with Crippen LogP contribution in [0.15, 0.2) is 46.3 Å². The summed E-state index contributed by atoms with van der Waals surface area (Å²) in [6.07, 6.45) is 12.0. The van der Waals surface area contributed by atoms with Crippen molar-refractivity contribution in [1.82, 2.24) is 19.9 Å². The van der Waals surface area contributed by atoms with Crippen molar-refractivity contribution in [3.8, 4) is 0 Å². The maximum atomic E-state index is 10.1. The van der Waals surface area contributed by atoms with Crippen LogP contribution in [0.4, 0.5) is 0 Å². The first-order valence-corrected chi connectivity index (χ1v) is 25.5. The van der Waals surface area contributed by atoms with Crippen molar-refractivity contribution in [2.24, 2.45) is 5.73 Å². The molecule has 1 atom stereocenters. The molecule has 1 saturated heterocycles. The van der Waals surface area contributed by atoms with E-state index in [9.17, 15) is 5.11 Å². The average Bonchev–Trinajstić information content (AvgIpc) is 3.95. The van der Waals surface area contributed by atoms with Crippen molar-refractivity contribution in [3.05, 3.63) is 68.3 Å². The minimum atomic E-state index is -0.750. The van der Waals surface area contributed by atoms with Crippen LogP contribution in [0.2, 0.25) is 0 Å². The number of hydrogen-bond donors (Lipinski definition) is 2. The third-order valence-electron chi connectivity index (χ3n) is 3.59. The van der Waals surface area contributed by atoms with Crippen LogP contribution in [0.1, 0.15) is 74.1 Å². The van der Waals surface area contributed by atoms with Gasteiger partial charge in [-0.2, -0.15) is 23.5 Å². The van der Waals surface area contributed by atoms with E-state index in [4.69, 9.17) is 45.9 Å². The average molecular weight is 1450 g/mol. The first kappa shape index (κ1) is 91.2. The zero-order valence-electron chi connectivity index (χ0n) is 35.0. The first-order valence-electron chi connectivity index (χ1n) is 16.0. The quantitative estimate of drug-likeness (QED) is 0.0465. The zero-order chi connectivity index (χ0) is 40.4. The molecule has 0 bridgehead atoms. The summed E-state index contributed by atoms with van der Waals surface area (Å²) >= 11 is 30.2. The van der Waals surface area contributed by atoms with Gasteiger partial charge in [-0.25, -0.2) is 0 Å². The van der Waals surface area contributed by atoms with E-state index in [1.165, 1.54) is 87.2 Å². The normalized spacial score (nSPS) is 10.4. The maximum Gasteiger partial charge on any atom is 1.00 e. The van der Waals surface area contributed by atoms with Crippen molar-refractivity contribution in [2.75, 3.05) is 46.0 Å². The fourth-order valence-corrected chi connectivity index (χ4v) is 6.12. The summed E-state index contributed by atoms with van der Waals surface area (Å²) in [7, 11) is 0.